The predicted octanol–water partition coefficient (Wildman–Crippen LogP) is 3.02. The van der Waals surface area contributed by atoms with E-state index in [0.717, 1.165) is 5.56 Å². The number of para-hydroxylation sites is 2. The first-order chi connectivity index (χ1) is 13.9. The second-order valence-corrected chi connectivity index (χ2v) is 6.22. The highest BCUT2D eigenvalue weighted by Crippen LogP contribution is 2.23. The van der Waals surface area contributed by atoms with Crippen LogP contribution in [0.25, 0.3) is 0 Å². The number of ether oxygens (including phenoxy) is 1. The largest absolute Gasteiger partial charge is 0.449 e. The molecule has 1 N–H and O–H groups in total. The van der Waals surface area contributed by atoms with Gasteiger partial charge in [0.15, 0.2) is 6.10 Å². The summed E-state index contributed by atoms with van der Waals surface area (Å²) in [5, 5.41) is 17.6. The zero-order valence-corrected chi connectivity index (χ0v) is 15.5. The van der Waals surface area contributed by atoms with Gasteiger partial charge >= 0.3 is 5.97 Å². The van der Waals surface area contributed by atoms with Gasteiger partial charge in [-0.3, -0.25) is 19.6 Å². The predicted molar refractivity (Wildman–Crippen MR) is 104 cm³/mol. The zero-order valence-electron chi connectivity index (χ0n) is 15.5. The van der Waals surface area contributed by atoms with Crippen molar-refractivity contribution < 1.29 is 19.2 Å². The van der Waals surface area contributed by atoms with Gasteiger partial charge in [-0.15, -0.1) is 0 Å². The molecule has 148 valence electrons. The van der Waals surface area contributed by atoms with Crippen LogP contribution in [0.4, 0.5) is 11.4 Å². The lowest BCUT2D eigenvalue weighted by Crippen LogP contribution is -2.30. The van der Waals surface area contributed by atoms with Gasteiger partial charge in [0, 0.05) is 12.3 Å². The molecular weight excluding hydrogens is 376 g/mol. The molecule has 0 bridgehead atoms. The maximum Gasteiger partial charge on any atom is 0.342 e. The highest BCUT2D eigenvalue weighted by Gasteiger charge is 2.22. The third-order valence-corrected chi connectivity index (χ3v) is 4.07. The smallest absolute Gasteiger partial charge is 0.342 e. The minimum atomic E-state index is -1.15. The Morgan fingerprint density at radius 3 is 2.59 bits per heavy atom. The van der Waals surface area contributed by atoms with Gasteiger partial charge in [0.05, 0.1) is 23.2 Å². The number of carbonyl (C=O) groups is 2. The van der Waals surface area contributed by atoms with Crippen molar-refractivity contribution in [3.63, 3.8) is 0 Å². The molecule has 2 aromatic carbocycles. The van der Waals surface area contributed by atoms with Gasteiger partial charge < -0.3 is 10.1 Å². The number of amides is 1. The summed E-state index contributed by atoms with van der Waals surface area (Å²) in [6, 6.07) is 15.3. The minimum Gasteiger partial charge on any atom is -0.449 e. The third-order valence-electron chi connectivity index (χ3n) is 4.07. The highest BCUT2D eigenvalue weighted by atomic mass is 16.6. The molecule has 0 saturated heterocycles. The van der Waals surface area contributed by atoms with E-state index in [2.05, 4.69) is 10.4 Å². The summed E-state index contributed by atoms with van der Waals surface area (Å²) in [5.74, 6) is -1.39. The number of nitrogens with zero attached hydrogens (tertiary/aromatic N) is 3. The molecule has 0 aliphatic rings. The van der Waals surface area contributed by atoms with Crippen molar-refractivity contribution >= 4 is 23.3 Å². The Morgan fingerprint density at radius 2 is 1.86 bits per heavy atom. The molecule has 0 radical (unpaired) electrons. The molecule has 1 aromatic heterocycles. The zero-order chi connectivity index (χ0) is 20.8. The van der Waals surface area contributed by atoms with Gasteiger partial charge in [-0.1, -0.05) is 42.5 Å². The molecule has 1 amide bonds. The monoisotopic (exact) mass is 394 g/mol. The van der Waals surface area contributed by atoms with Crippen LogP contribution in [-0.4, -0.2) is 32.7 Å². The summed E-state index contributed by atoms with van der Waals surface area (Å²) in [6.45, 7) is 1.87. The van der Waals surface area contributed by atoms with Crippen molar-refractivity contribution in [3.05, 3.63) is 88.2 Å². The van der Waals surface area contributed by atoms with Gasteiger partial charge in [-0.25, -0.2) is 4.79 Å². The van der Waals surface area contributed by atoms with Gasteiger partial charge in [0.1, 0.15) is 5.69 Å². The Hall–Kier alpha value is -4.01. The second-order valence-electron chi connectivity index (χ2n) is 6.22. The summed E-state index contributed by atoms with van der Waals surface area (Å²) >= 11 is 0. The van der Waals surface area contributed by atoms with E-state index in [1.807, 2.05) is 30.3 Å². The standard InChI is InChI=1S/C20H18N4O5/c1-14(19(25)22-17-9-5-6-10-18(17)24(27)28)29-20(26)16-11-21-23(13-16)12-15-7-3-2-4-8-15/h2-11,13-14H,12H2,1H3,(H,22,25). The normalized spacial score (nSPS) is 11.5. The lowest BCUT2D eigenvalue weighted by Gasteiger charge is -2.13. The van der Waals surface area contributed by atoms with Crippen LogP contribution in [0.2, 0.25) is 0 Å². The van der Waals surface area contributed by atoms with E-state index in [9.17, 15) is 19.7 Å². The number of anilines is 1. The van der Waals surface area contributed by atoms with Crippen molar-refractivity contribution in [1.82, 2.24) is 9.78 Å². The first kappa shape index (κ1) is 19.7. The van der Waals surface area contributed by atoms with Crippen molar-refractivity contribution in [1.29, 1.82) is 0 Å². The molecule has 29 heavy (non-hydrogen) atoms. The number of esters is 1. The van der Waals surface area contributed by atoms with Crippen LogP contribution in [-0.2, 0) is 16.1 Å². The van der Waals surface area contributed by atoms with Crippen molar-refractivity contribution in [2.45, 2.75) is 19.6 Å². The molecule has 3 rings (SSSR count). The average Bonchev–Trinajstić information content (AvgIpc) is 3.17. The summed E-state index contributed by atoms with van der Waals surface area (Å²) in [7, 11) is 0. The topological polar surface area (TPSA) is 116 Å². The first-order valence-corrected chi connectivity index (χ1v) is 8.75. The van der Waals surface area contributed by atoms with Crippen LogP contribution in [0.5, 0.6) is 0 Å². The number of aromatic nitrogens is 2. The van der Waals surface area contributed by atoms with E-state index in [-0.39, 0.29) is 16.9 Å². The number of carbonyl (C=O) groups excluding carboxylic acids is 2. The SMILES string of the molecule is CC(OC(=O)c1cnn(Cc2ccccc2)c1)C(=O)Nc1ccccc1[N+](=O)[O-]. The van der Waals surface area contributed by atoms with Crippen LogP contribution < -0.4 is 5.32 Å². The summed E-state index contributed by atoms with van der Waals surface area (Å²) < 4.78 is 6.75. The third kappa shape index (κ3) is 5.04. The molecule has 0 saturated carbocycles. The minimum absolute atomic E-state index is 0.0288. The Morgan fingerprint density at radius 1 is 1.17 bits per heavy atom. The van der Waals surface area contributed by atoms with Crippen LogP contribution in [0.3, 0.4) is 0 Å². The number of benzene rings is 2. The van der Waals surface area contributed by atoms with E-state index in [1.165, 1.54) is 37.5 Å². The number of nitro benzene ring substituents is 1. The Kier molecular flexibility index (Phi) is 5.98. The van der Waals surface area contributed by atoms with E-state index in [1.54, 1.807) is 10.7 Å². The Bertz CT molecular complexity index is 1030. The molecule has 1 unspecified atom stereocenters. The quantitative estimate of drug-likeness (QED) is 0.374. The number of hydrogen-bond donors (Lipinski definition) is 1. The Labute approximate surface area is 166 Å². The van der Waals surface area contributed by atoms with E-state index in [0.29, 0.717) is 6.54 Å². The van der Waals surface area contributed by atoms with E-state index >= 15 is 0 Å². The van der Waals surface area contributed by atoms with E-state index in [4.69, 9.17) is 4.74 Å². The van der Waals surface area contributed by atoms with Crippen LogP contribution in [0, 0.1) is 10.1 Å². The Balaban J connectivity index is 1.60. The molecule has 0 spiro atoms. The maximum absolute atomic E-state index is 12.3. The summed E-state index contributed by atoms with van der Waals surface area (Å²) in [4.78, 5) is 35.0. The molecule has 1 atom stereocenters. The van der Waals surface area contributed by atoms with Crippen molar-refractivity contribution in [3.8, 4) is 0 Å². The van der Waals surface area contributed by atoms with Crippen LogP contribution >= 0.6 is 0 Å². The number of nitro groups is 1. The highest BCUT2D eigenvalue weighted by molar-refractivity contribution is 5.98. The lowest BCUT2D eigenvalue weighted by molar-refractivity contribution is -0.383. The van der Waals surface area contributed by atoms with Crippen molar-refractivity contribution in [2.24, 2.45) is 0 Å². The fourth-order valence-electron chi connectivity index (χ4n) is 2.58. The lowest BCUT2D eigenvalue weighted by atomic mass is 10.2. The second kappa shape index (κ2) is 8.79. The van der Waals surface area contributed by atoms with Gasteiger partial charge in [-0.05, 0) is 18.6 Å². The number of hydrogen-bond acceptors (Lipinski definition) is 6. The van der Waals surface area contributed by atoms with Gasteiger partial charge in [0.25, 0.3) is 11.6 Å². The summed E-state index contributed by atoms with van der Waals surface area (Å²) in [5.41, 5.74) is 1.00. The number of nitrogens with one attached hydrogen (secondary N) is 1. The molecule has 0 fully saturated rings. The first-order valence-electron chi connectivity index (χ1n) is 8.75. The molecule has 9 heteroatoms. The van der Waals surface area contributed by atoms with Crippen LogP contribution in [0.15, 0.2) is 67.0 Å². The van der Waals surface area contributed by atoms with Crippen molar-refractivity contribution in [2.75, 3.05) is 5.32 Å². The van der Waals surface area contributed by atoms with E-state index < -0.39 is 22.9 Å². The maximum atomic E-state index is 12.3. The van der Waals surface area contributed by atoms with Gasteiger partial charge in [-0.2, -0.15) is 5.10 Å². The molecule has 3 aromatic rings. The molecule has 1 heterocycles. The molecule has 9 nitrogen and oxygen atoms in total. The summed E-state index contributed by atoms with van der Waals surface area (Å²) in [6.07, 6.45) is 1.74. The number of rotatable bonds is 7. The van der Waals surface area contributed by atoms with Crippen LogP contribution in [0.1, 0.15) is 22.8 Å². The molecule has 0 aliphatic carbocycles. The molecular formula is C20H18N4O5. The fraction of sp³-hybridized carbons (Fsp3) is 0.150. The van der Waals surface area contributed by atoms with Gasteiger partial charge in [0.2, 0.25) is 0 Å². The average molecular weight is 394 g/mol. The fourth-order valence-corrected chi connectivity index (χ4v) is 2.58. The molecule has 0 aliphatic heterocycles.